The Hall–Kier alpha value is -2.89. The first-order chi connectivity index (χ1) is 16.8. The number of nitrogens with zero attached hydrogens (tertiary/aromatic N) is 5. The zero-order valence-corrected chi connectivity index (χ0v) is 21.0. The molecule has 9 heteroatoms. The summed E-state index contributed by atoms with van der Waals surface area (Å²) in [4.78, 5) is 17.2. The van der Waals surface area contributed by atoms with E-state index in [0.29, 0.717) is 52.9 Å². The van der Waals surface area contributed by atoms with Crippen LogP contribution in [-0.2, 0) is 19.5 Å². The summed E-state index contributed by atoms with van der Waals surface area (Å²) in [6.45, 7) is 5.56. The molecule has 35 heavy (non-hydrogen) atoms. The van der Waals surface area contributed by atoms with Crippen molar-refractivity contribution in [2.45, 2.75) is 51.7 Å². The predicted molar refractivity (Wildman–Crippen MR) is 133 cm³/mol. The topological polar surface area (TPSA) is 85.4 Å². The molecule has 3 aromatic rings. The summed E-state index contributed by atoms with van der Waals surface area (Å²) in [6.07, 6.45) is -0.306. The monoisotopic (exact) mass is 509 g/mol. The van der Waals surface area contributed by atoms with Gasteiger partial charge in [-0.1, -0.05) is 41.4 Å². The van der Waals surface area contributed by atoms with Gasteiger partial charge in [0.15, 0.2) is 6.23 Å². The first-order valence-corrected chi connectivity index (χ1v) is 12.3. The van der Waals surface area contributed by atoms with E-state index >= 15 is 0 Å². The van der Waals surface area contributed by atoms with Crippen LogP contribution in [0.15, 0.2) is 42.5 Å². The van der Waals surface area contributed by atoms with Gasteiger partial charge in [-0.3, -0.25) is 14.4 Å². The van der Waals surface area contributed by atoms with Crippen molar-refractivity contribution in [3.63, 3.8) is 0 Å². The highest BCUT2D eigenvalue weighted by molar-refractivity contribution is 6.42. The van der Waals surface area contributed by atoms with Crippen molar-refractivity contribution in [2.75, 3.05) is 6.54 Å². The molecule has 180 valence electrons. The first-order valence-electron chi connectivity index (χ1n) is 11.6. The maximum absolute atomic E-state index is 13.4. The number of aliphatic hydroxyl groups is 1. The second-order valence-electron chi connectivity index (χ2n) is 9.14. The first kappa shape index (κ1) is 23.8. The van der Waals surface area contributed by atoms with Gasteiger partial charge in [-0.25, -0.2) is 0 Å². The Labute approximate surface area is 214 Å². The van der Waals surface area contributed by atoms with Gasteiger partial charge in [-0.2, -0.15) is 10.4 Å². The average Bonchev–Trinajstić information content (AvgIpc) is 3.22. The summed E-state index contributed by atoms with van der Waals surface area (Å²) >= 11 is 12.2. The van der Waals surface area contributed by atoms with Crippen molar-refractivity contribution in [3.05, 3.63) is 86.2 Å². The second-order valence-corrected chi connectivity index (χ2v) is 9.95. The summed E-state index contributed by atoms with van der Waals surface area (Å²) in [5, 5.41) is 26.6. The fourth-order valence-corrected chi connectivity index (χ4v) is 5.48. The van der Waals surface area contributed by atoms with Gasteiger partial charge in [0.2, 0.25) is 0 Å². The molecule has 3 heterocycles. The van der Waals surface area contributed by atoms with Crippen molar-refractivity contribution >= 4 is 29.1 Å². The molecule has 5 rings (SSSR count). The quantitative estimate of drug-likeness (QED) is 0.552. The minimum absolute atomic E-state index is 0.0592. The van der Waals surface area contributed by atoms with Gasteiger partial charge in [-0.15, -0.1) is 0 Å². The van der Waals surface area contributed by atoms with Crippen molar-refractivity contribution in [1.82, 2.24) is 19.6 Å². The number of hydrogen-bond donors (Lipinski definition) is 1. The van der Waals surface area contributed by atoms with E-state index in [-0.39, 0.29) is 18.0 Å². The minimum Gasteiger partial charge on any atom is -0.372 e. The van der Waals surface area contributed by atoms with Crippen LogP contribution in [0.2, 0.25) is 10.0 Å². The highest BCUT2D eigenvalue weighted by atomic mass is 35.5. The molecule has 0 spiro atoms. The van der Waals surface area contributed by atoms with Crippen molar-refractivity contribution in [3.8, 4) is 6.07 Å². The van der Waals surface area contributed by atoms with Crippen molar-refractivity contribution < 1.29 is 9.90 Å². The third kappa shape index (κ3) is 4.11. The van der Waals surface area contributed by atoms with E-state index in [1.54, 1.807) is 29.2 Å². The Kier molecular flexibility index (Phi) is 6.32. The van der Waals surface area contributed by atoms with E-state index in [2.05, 4.69) is 6.07 Å². The average molecular weight is 510 g/mol. The number of amides is 1. The van der Waals surface area contributed by atoms with Crippen LogP contribution in [0.25, 0.3) is 0 Å². The molecule has 1 amide bonds. The number of rotatable bonds is 3. The summed E-state index contributed by atoms with van der Waals surface area (Å²) in [5.74, 6) is -0.139. The standard InChI is InChI=1S/C26H25Cl2N5O2/c1-15-11-23-20(14-32(15)25(34)17-7-8-21(27)22(28)12-17)24-26(35)31(9-10-33(24)30-23)16(2)19-6-4-3-5-18(19)13-29/h3-8,12,15-16,26,35H,9-11,14H2,1-2H3/t15-,16?,26?/m1/s1. The van der Waals surface area contributed by atoms with Gasteiger partial charge in [-0.05, 0) is 43.7 Å². The lowest BCUT2D eigenvalue weighted by atomic mass is 9.96. The van der Waals surface area contributed by atoms with Gasteiger partial charge in [0.1, 0.15) is 0 Å². The van der Waals surface area contributed by atoms with E-state index in [9.17, 15) is 15.2 Å². The fraction of sp³-hybridized carbons (Fsp3) is 0.346. The van der Waals surface area contributed by atoms with E-state index in [1.165, 1.54) is 0 Å². The van der Waals surface area contributed by atoms with Gasteiger partial charge in [0, 0.05) is 36.2 Å². The molecule has 1 aromatic heterocycles. The van der Waals surface area contributed by atoms with Crippen LogP contribution in [-0.4, -0.2) is 43.2 Å². The molecule has 0 aliphatic carbocycles. The molecule has 2 aliphatic heterocycles. The predicted octanol–water partition coefficient (Wildman–Crippen LogP) is 4.72. The maximum Gasteiger partial charge on any atom is 0.254 e. The Morgan fingerprint density at radius 1 is 1.20 bits per heavy atom. The smallest absolute Gasteiger partial charge is 0.254 e. The molecule has 2 aromatic carbocycles. The van der Waals surface area contributed by atoms with Crippen LogP contribution >= 0.6 is 23.2 Å². The fourth-order valence-electron chi connectivity index (χ4n) is 5.18. The molecule has 0 radical (unpaired) electrons. The lowest BCUT2D eigenvalue weighted by molar-refractivity contribution is -0.0485. The van der Waals surface area contributed by atoms with Crippen molar-refractivity contribution in [2.24, 2.45) is 0 Å². The number of aromatic nitrogens is 2. The van der Waals surface area contributed by atoms with Crippen LogP contribution in [0.1, 0.15) is 64.6 Å². The molecule has 7 nitrogen and oxygen atoms in total. The van der Waals surface area contributed by atoms with Crippen LogP contribution in [0.3, 0.4) is 0 Å². The van der Waals surface area contributed by atoms with Crippen LogP contribution in [0.5, 0.6) is 0 Å². The summed E-state index contributed by atoms with van der Waals surface area (Å²) in [5.41, 5.74) is 4.46. The zero-order chi connectivity index (χ0) is 24.9. The number of carbonyl (C=O) groups is 1. The van der Waals surface area contributed by atoms with Gasteiger partial charge >= 0.3 is 0 Å². The highest BCUT2D eigenvalue weighted by Crippen LogP contribution is 2.38. The van der Waals surface area contributed by atoms with E-state index in [0.717, 1.165) is 16.8 Å². The minimum atomic E-state index is -0.905. The van der Waals surface area contributed by atoms with Crippen LogP contribution in [0.4, 0.5) is 0 Å². The number of hydrogen-bond acceptors (Lipinski definition) is 5. The number of fused-ring (bicyclic) bond motifs is 3. The highest BCUT2D eigenvalue weighted by Gasteiger charge is 2.39. The van der Waals surface area contributed by atoms with Crippen LogP contribution < -0.4 is 0 Å². The lowest BCUT2D eigenvalue weighted by Gasteiger charge is -2.39. The normalized spacial score (nSPS) is 20.6. The number of benzene rings is 2. The molecule has 0 saturated heterocycles. The summed E-state index contributed by atoms with van der Waals surface area (Å²) < 4.78 is 1.87. The van der Waals surface area contributed by atoms with Gasteiger partial charge in [0.05, 0.1) is 46.2 Å². The molecule has 2 unspecified atom stereocenters. The van der Waals surface area contributed by atoms with E-state index in [4.69, 9.17) is 28.3 Å². The maximum atomic E-state index is 13.4. The molecule has 3 atom stereocenters. The number of aliphatic hydroxyl groups excluding tert-OH is 1. The number of carbonyl (C=O) groups excluding carboxylic acids is 1. The van der Waals surface area contributed by atoms with Crippen LogP contribution in [0, 0.1) is 11.3 Å². The summed E-state index contributed by atoms with van der Waals surface area (Å²) in [6, 6.07) is 14.4. The molecule has 2 aliphatic rings. The molecule has 0 fully saturated rings. The molecular weight excluding hydrogens is 485 g/mol. The Morgan fingerprint density at radius 3 is 2.71 bits per heavy atom. The van der Waals surface area contributed by atoms with E-state index < -0.39 is 6.23 Å². The van der Waals surface area contributed by atoms with Crippen molar-refractivity contribution in [1.29, 1.82) is 5.26 Å². The van der Waals surface area contributed by atoms with E-state index in [1.807, 2.05) is 41.6 Å². The Morgan fingerprint density at radius 2 is 1.97 bits per heavy atom. The number of nitriles is 1. The third-order valence-corrected chi connectivity index (χ3v) is 7.85. The Balaban J connectivity index is 1.46. The largest absolute Gasteiger partial charge is 0.372 e. The SMILES string of the molecule is CC(c1ccccc1C#N)N1CCn2nc3c(c2C1O)CN(C(=O)c1ccc(Cl)c(Cl)c1)[C@H](C)C3. The zero-order valence-electron chi connectivity index (χ0n) is 19.4. The Bertz CT molecular complexity index is 1350. The van der Waals surface area contributed by atoms with Gasteiger partial charge in [0.25, 0.3) is 5.91 Å². The number of halogens is 2. The second kappa shape index (κ2) is 9.29. The third-order valence-electron chi connectivity index (χ3n) is 7.11. The van der Waals surface area contributed by atoms with Gasteiger partial charge < -0.3 is 10.0 Å². The molecule has 1 N–H and O–H groups in total. The molecular formula is C26H25Cl2N5O2. The molecule has 0 bridgehead atoms. The summed E-state index contributed by atoms with van der Waals surface area (Å²) in [7, 11) is 0. The molecule has 0 saturated carbocycles. The lowest BCUT2D eigenvalue weighted by Crippen LogP contribution is -2.44.